The molecular weight excluding hydrogens is 358 g/mol. The Hall–Kier alpha value is -3.09. The topological polar surface area (TPSA) is 80.6 Å². The van der Waals surface area contributed by atoms with Crippen molar-refractivity contribution in [2.45, 2.75) is 19.4 Å². The number of benzene rings is 1. The number of aryl methyl sites for hydroxylation is 1. The number of carbonyl (C=O) groups is 2. The zero-order chi connectivity index (χ0) is 19.9. The van der Waals surface area contributed by atoms with Crippen molar-refractivity contribution in [1.82, 2.24) is 14.8 Å². The van der Waals surface area contributed by atoms with Gasteiger partial charge in [0.05, 0.1) is 5.56 Å². The molecule has 0 spiro atoms. The van der Waals surface area contributed by atoms with Gasteiger partial charge in [-0.25, -0.2) is 4.79 Å². The van der Waals surface area contributed by atoms with E-state index in [1.54, 1.807) is 11.9 Å². The second kappa shape index (κ2) is 9.21. The number of carbonyl (C=O) groups excluding carboxylic acids is 2. The quantitative estimate of drug-likeness (QED) is 0.858. The maximum absolute atomic E-state index is 12.3. The number of likely N-dealkylation sites (tertiary alicyclic amines) is 1. The molecule has 0 radical (unpaired) electrons. The highest BCUT2D eigenvalue weighted by Gasteiger charge is 2.25. The van der Waals surface area contributed by atoms with Gasteiger partial charge in [-0.15, -0.1) is 0 Å². The highest BCUT2D eigenvalue weighted by atomic mass is 16.6. The molecule has 3 rings (SSSR count). The zero-order valence-electron chi connectivity index (χ0n) is 16.0. The molecule has 1 aliphatic rings. The first-order valence-corrected chi connectivity index (χ1v) is 9.43. The first-order valence-electron chi connectivity index (χ1n) is 9.43. The van der Waals surface area contributed by atoms with Gasteiger partial charge in [0.2, 0.25) is 5.56 Å². The molecule has 1 fully saturated rings. The number of hydrogen-bond acceptors (Lipinski definition) is 4. The van der Waals surface area contributed by atoms with Crippen LogP contribution in [0.15, 0.2) is 53.5 Å². The molecule has 0 unspecified atom stereocenters. The fourth-order valence-electron chi connectivity index (χ4n) is 3.28. The van der Waals surface area contributed by atoms with Gasteiger partial charge < -0.3 is 19.5 Å². The number of nitrogens with one attached hydrogen (secondary N) is 1. The van der Waals surface area contributed by atoms with Gasteiger partial charge in [-0.1, -0.05) is 30.3 Å². The highest BCUT2D eigenvalue weighted by Crippen LogP contribution is 2.17. The molecule has 148 valence electrons. The van der Waals surface area contributed by atoms with Crippen molar-refractivity contribution < 1.29 is 14.3 Å². The Labute approximate surface area is 163 Å². The summed E-state index contributed by atoms with van der Waals surface area (Å²) in [6.45, 7) is 1.95. The van der Waals surface area contributed by atoms with Gasteiger partial charge in [0.15, 0.2) is 0 Å². The van der Waals surface area contributed by atoms with Crippen molar-refractivity contribution in [1.29, 1.82) is 0 Å². The van der Waals surface area contributed by atoms with Crippen LogP contribution in [0.5, 0.6) is 0 Å². The van der Waals surface area contributed by atoms with Crippen LogP contribution in [0, 0.1) is 5.92 Å². The summed E-state index contributed by atoms with van der Waals surface area (Å²) in [6, 6.07) is 12.5. The van der Waals surface area contributed by atoms with Crippen LogP contribution >= 0.6 is 0 Å². The van der Waals surface area contributed by atoms with Crippen LogP contribution in [0.4, 0.5) is 4.79 Å². The summed E-state index contributed by atoms with van der Waals surface area (Å²) in [6.07, 6.45) is 3.01. The van der Waals surface area contributed by atoms with Crippen LogP contribution in [0.25, 0.3) is 0 Å². The van der Waals surface area contributed by atoms with Crippen molar-refractivity contribution in [2.75, 3.05) is 19.6 Å². The van der Waals surface area contributed by atoms with Crippen LogP contribution in [-0.4, -0.2) is 41.1 Å². The summed E-state index contributed by atoms with van der Waals surface area (Å²) < 4.78 is 6.78. The lowest BCUT2D eigenvalue weighted by Gasteiger charge is -2.32. The van der Waals surface area contributed by atoms with E-state index in [9.17, 15) is 14.4 Å². The minimum Gasteiger partial charge on any atom is -0.445 e. The lowest BCUT2D eigenvalue weighted by Crippen LogP contribution is -2.44. The maximum Gasteiger partial charge on any atom is 0.410 e. The summed E-state index contributed by atoms with van der Waals surface area (Å²) >= 11 is 0. The van der Waals surface area contributed by atoms with E-state index in [-0.39, 0.29) is 30.1 Å². The minimum absolute atomic E-state index is 0.159. The molecule has 28 heavy (non-hydrogen) atoms. The first kappa shape index (κ1) is 19.7. The van der Waals surface area contributed by atoms with Crippen molar-refractivity contribution in [3.63, 3.8) is 0 Å². The van der Waals surface area contributed by atoms with Crippen molar-refractivity contribution in [3.05, 3.63) is 70.1 Å². The number of nitrogens with zero attached hydrogens (tertiary/aromatic N) is 2. The third kappa shape index (κ3) is 5.22. The molecule has 1 aromatic heterocycles. The Bertz CT molecular complexity index is 879. The predicted octanol–water partition coefficient (Wildman–Crippen LogP) is 2.16. The van der Waals surface area contributed by atoms with Crippen LogP contribution in [0.2, 0.25) is 0 Å². The molecule has 1 N–H and O–H groups in total. The predicted molar refractivity (Wildman–Crippen MR) is 105 cm³/mol. The number of piperidine rings is 1. The molecule has 0 bridgehead atoms. The summed E-state index contributed by atoms with van der Waals surface area (Å²) in [5.41, 5.74) is 1.24. The Kier molecular flexibility index (Phi) is 6.47. The fraction of sp³-hybridized carbons (Fsp3) is 0.381. The van der Waals surface area contributed by atoms with Crippen molar-refractivity contribution in [3.8, 4) is 0 Å². The SMILES string of the molecule is Cn1cc(C(=O)NC[C@H]2CCCN(C(=O)OCc3ccccc3)C2)ccc1=O. The fourth-order valence-corrected chi connectivity index (χ4v) is 3.28. The second-order valence-corrected chi connectivity index (χ2v) is 7.07. The van der Waals surface area contributed by atoms with E-state index in [2.05, 4.69) is 5.32 Å². The largest absolute Gasteiger partial charge is 0.445 e. The molecule has 7 heteroatoms. The summed E-state index contributed by atoms with van der Waals surface area (Å²) in [4.78, 5) is 37.8. The van der Waals surface area contributed by atoms with Gasteiger partial charge in [0.25, 0.3) is 5.91 Å². The smallest absolute Gasteiger partial charge is 0.410 e. The van der Waals surface area contributed by atoms with Gasteiger partial charge in [0, 0.05) is 38.9 Å². The monoisotopic (exact) mass is 383 g/mol. The number of pyridine rings is 1. The average molecular weight is 383 g/mol. The lowest BCUT2D eigenvalue weighted by atomic mass is 9.98. The van der Waals surface area contributed by atoms with Gasteiger partial charge in [-0.2, -0.15) is 0 Å². The zero-order valence-corrected chi connectivity index (χ0v) is 16.0. The first-order chi connectivity index (χ1) is 13.5. The van der Waals surface area contributed by atoms with Crippen LogP contribution in [0.3, 0.4) is 0 Å². The van der Waals surface area contributed by atoms with E-state index in [4.69, 9.17) is 4.74 Å². The molecule has 0 saturated carbocycles. The standard InChI is InChI=1S/C21H25N3O4/c1-23-14-18(9-10-19(23)25)20(26)22-12-17-8-5-11-24(13-17)21(27)28-15-16-6-3-2-4-7-16/h2-4,6-7,9-10,14,17H,5,8,11-13,15H2,1H3,(H,22,26)/t17-/m1/s1. The van der Waals surface area contributed by atoms with Crippen LogP contribution in [0.1, 0.15) is 28.8 Å². The maximum atomic E-state index is 12.3. The van der Waals surface area contributed by atoms with E-state index < -0.39 is 0 Å². The van der Waals surface area contributed by atoms with E-state index in [1.165, 1.54) is 22.9 Å². The molecule has 7 nitrogen and oxygen atoms in total. The molecule has 2 amide bonds. The van der Waals surface area contributed by atoms with Gasteiger partial charge in [-0.05, 0) is 30.4 Å². The number of hydrogen-bond donors (Lipinski definition) is 1. The number of rotatable bonds is 5. The summed E-state index contributed by atoms with van der Waals surface area (Å²) in [5, 5.41) is 2.90. The third-order valence-corrected chi connectivity index (χ3v) is 4.88. The van der Waals surface area contributed by atoms with Gasteiger partial charge in [0.1, 0.15) is 6.61 Å². The molecule has 2 aromatic rings. The van der Waals surface area contributed by atoms with Crippen molar-refractivity contribution in [2.24, 2.45) is 13.0 Å². The Morgan fingerprint density at radius 2 is 1.96 bits per heavy atom. The molecule has 1 saturated heterocycles. The molecule has 1 aliphatic heterocycles. The molecule has 0 aliphatic carbocycles. The van der Waals surface area contributed by atoms with Crippen LogP contribution in [-0.2, 0) is 18.4 Å². The number of amides is 2. The number of ether oxygens (including phenoxy) is 1. The highest BCUT2D eigenvalue weighted by molar-refractivity contribution is 5.93. The number of aromatic nitrogens is 1. The Balaban J connectivity index is 1.47. The Morgan fingerprint density at radius 1 is 1.18 bits per heavy atom. The van der Waals surface area contributed by atoms with E-state index in [1.807, 2.05) is 30.3 Å². The van der Waals surface area contributed by atoms with E-state index in [0.29, 0.717) is 25.2 Å². The van der Waals surface area contributed by atoms with Crippen molar-refractivity contribution >= 4 is 12.0 Å². The molecule has 1 atom stereocenters. The summed E-state index contributed by atoms with van der Waals surface area (Å²) in [7, 11) is 1.61. The normalized spacial score (nSPS) is 16.5. The summed E-state index contributed by atoms with van der Waals surface area (Å²) in [5.74, 6) is -0.0473. The lowest BCUT2D eigenvalue weighted by molar-refractivity contribution is 0.0776. The van der Waals surface area contributed by atoms with E-state index >= 15 is 0 Å². The third-order valence-electron chi connectivity index (χ3n) is 4.88. The second-order valence-electron chi connectivity index (χ2n) is 7.07. The molecule has 2 heterocycles. The van der Waals surface area contributed by atoms with E-state index in [0.717, 1.165) is 18.4 Å². The minimum atomic E-state index is -0.321. The van der Waals surface area contributed by atoms with Crippen LogP contribution < -0.4 is 10.9 Å². The average Bonchev–Trinajstić information content (AvgIpc) is 2.73. The molecule has 1 aromatic carbocycles. The molecular formula is C21H25N3O4. The Morgan fingerprint density at radius 3 is 2.71 bits per heavy atom. The van der Waals surface area contributed by atoms with Gasteiger partial charge in [-0.3, -0.25) is 9.59 Å². The van der Waals surface area contributed by atoms with Gasteiger partial charge >= 0.3 is 6.09 Å².